The third-order valence-corrected chi connectivity index (χ3v) is 2.40. The molecular weight excluding hydrogens is 162 g/mol. The van der Waals surface area contributed by atoms with Crippen molar-refractivity contribution in [2.75, 3.05) is 0 Å². The van der Waals surface area contributed by atoms with Gasteiger partial charge < -0.3 is 4.90 Å². The first kappa shape index (κ1) is 10.4. The molecule has 0 amide bonds. The van der Waals surface area contributed by atoms with Crippen LogP contribution in [0.3, 0.4) is 0 Å². The van der Waals surface area contributed by atoms with Gasteiger partial charge in [-0.05, 0) is 41.5 Å². The van der Waals surface area contributed by atoms with Gasteiger partial charge in [0.1, 0.15) is 12.5 Å². The van der Waals surface area contributed by atoms with Crippen molar-refractivity contribution in [3.05, 3.63) is 0 Å². The highest BCUT2D eigenvalue weighted by Gasteiger charge is 2.32. The Morgan fingerprint density at radius 1 is 1.31 bits per heavy atom. The Kier molecular flexibility index (Phi) is 2.55. The predicted octanol–water partition coefficient (Wildman–Crippen LogP) is 2.10. The van der Waals surface area contributed by atoms with E-state index in [9.17, 15) is 0 Å². The Balaban J connectivity index is 2.72. The second-order valence-electron chi connectivity index (χ2n) is 4.91. The largest absolute Gasteiger partial charge is 0.335 e. The fourth-order valence-corrected chi connectivity index (χ4v) is 1.73. The lowest BCUT2D eigenvalue weighted by atomic mass is 10.1. The van der Waals surface area contributed by atoms with Crippen LogP contribution < -0.4 is 0 Å². The normalized spacial score (nSPS) is 23.5. The summed E-state index contributed by atoms with van der Waals surface area (Å²) in [4.78, 5) is 2.28. The highest BCUT2D eigenvalue weighted by Crippen LogP contribution is 2.23. The third-order valence-electron chi connectivity index (χ3n) is 2.40. The van der Waals surface area contributed by atoms with E-state index in [0.29, 0.717) is 12.2 Å². The molecule has 1 aliphatic heterocycles. The molecule has 1 aliphatic rings. The SMILES string of the molecule is CC(C)N1N=CN(C(C)(C)C)C1C. The number of hydrazone groups is 1. The van der Waals surface area contributed by atoms with E-state index in [1.165, 1.54) is 0 Å². The first-order chi connectivity index (χ1) is 5.84. The second kappa shape index (κ2) is 3.20. The van der Waals surface area contributed by atoms with Crippen LogP contribution in [0, 0.1) is 0 Å². The van der Waals surface area contributed by atoms with Crippen LogP contribution in [0.5, 0.6) is 0 Å². The van der Waals surface area contributed by atoms with Gasteiger partial charge in [-0.1, -0.05) is 0 Å². The summed E-state index contributed by atoms with van der Waals surface area (Å²) in [6.07, 6.45) is 2.32. The van der Waals surface area contributed by atoms with Crippen LogP contribution in [-0.2, 0) is 0 Å². The summed E-state index contributed by atoms with van der Waals surface area (Å²) in [5.41, 5.74) is 0.159. The molecule has 0 radical (unpaired) electrons. The van der Waals surface area contributed by atoms with Crippen LogP contribution >= 0.6 is 0 Å². The predicted molar refractivity (Wildman–Crippen MR) is 56.5 cm³/mol. The van der Waals surface area contributed by atoms with Gasteiger partial charge in [0.25, 0.3) is 0 Å². The minimum atomic E-state index is 0.159. The fourth-order valence-electron chi connectivity index (χ4n) is 1.73. The third kappa shape index (κ3) is 1.95. The molecule has 1 rings (SSSR count). The average Bonchev–Trinajstić information content (AvgIpc) is 2.28. The summed E-state index contributed by atoms with van der Waals surface area (Å²) in [5, 5.41) is 6.53. The smallest absolute Gasteiger partial charge is 0.117 e. The lowest BCUT2D eigenvalue weighted by molar-refractivity contribution is 0.0678. The molecule has 0 aromatic rings. The number of rotatable bonds is 1. The molecule has 3 heteroatoms. The molecule has 0 aliphatic carbocycles. The summed E-state index contributed by atoms with van der Waals surface area (Å²) in [5.74, 6) is 0. The maximum absolute atomic E-state index is 4.40. The van der Waals surface area contributed by atoms with E-state index in [2.05, 4.69) is 56.6 Å². The Hall–Kier alpha value is -0.730. The van der Waals surface area contributed by atoms with E-state index in [1.54, 1.807) is 0 Å². The minimum absolute atomic E-state index is 0.159. The van der Waals surface area contributed by atoms with E-state index in [4.69, 9.17) is 0 Å². The van der Waals surface area contributed by atoms with E-state index in [1.807, 2.05) is 6.34 Å². The quantitative estimate of drug-likeness (QED) is 0.620. The molecule has 0 spiro atoms. The highest BCUT2D eigenvalue weighted by atomic mass is 15.6. The van der Waals surface area contributed by atoms with Crippen LogP contribution in [-0.4, -0.2) is 34.0 Å². The van der Waals surface area contributed by atoms with Crippen molar-refractivity contribution in [2.45, 2.75) is 59.3 Å². The monoisotopic (exact) mass is 183 g/mol. The summed E-state index contributed by atoms with van der Waals surface area (Å²) in [6.45, 7) is 13.1. The summed E-state index contributed by atoms with van der Waals surface area (Å²) in [7, 11) is 0. The zero-order valence-electron chi connectivity index (χ0n) is 9.57. The first-order valence-corrected chi connectivity index (χ1v) is 4.95. The van der Waals surface area contributed by atoms with E-state index >= 15 is 0 Å². The molecule has 1 unspecified atom stereocenters. The van der Waals surface area contributed by atoms with Gasteiger partial charge >= 0.3 is 0 Å². The van der Waals surface area contributed by atoms with Crippen molar-refractivity contribution < 1.29 is 0 Å². The second-order valence-corrected chi connectivity index (χ2v) is 4.91. The molecule has 0 saturated carbocycles. The van der Waals surface area contributed by atoms with Crippen molar-refractivity contribution in [1.82, 2.24) is 9.91 Å². The Bertz CT molecular complexity index is 203. The number of hydrogen-bond donors (Lipinski definition) is 0. The van der Waals surface area contributed by atoms with Gasteiger partial charge in [-0.2, -0.15) is 5.10 Å². The van der Waals surface area contributed by atoms with E-state index in [-0.39, 0.29) is 5.54 Å². The van der Waals surface area contributed by atoms with E-state index in [0.717, 1.165) is 0 Å². The zero-order chi connectivity index (χ0) is 10.2. The van der Waals surface area contributed by atoms with Crippen LogP contribution in [0.2, 0.25) is 0 Å². The van der Waals surface area contributed by atoms with Crippen LogP contribution in [0.4, 0.5) is 0 Å². The van der Waals surface area contributed by atoms with Gasteiger partial charge in [-0.3, -0.25) is 5.01 Å². The fraction of sp³-hybridized carbons (Fsp3) is 0.900. The standard InChI is InChI=1S/C10H21N3/c1-8(2)13-9(3)12(7-11-13)10(4,5)6/h7-9H,1-6H3. The van der Waals surface area contributed by atoms with Gasteiger partial charge in [0, 0.05) is 11.6 Å². The molecule has 1 heterocycles. The first-order valence-electron chi connectivity index (χ1n) is 4.95. The number of hydrogen-bond acceptors (Lipinski definition) is 3. The highest BCUT2D eigenvalue weighted by molar-refractivity contribution is 5.58. The van der Waals surface area contributed by atoms with Gasteiger partial charge in [0.15, 0.2) is 0 Å². The van der Waals surface area contributed by atoms with Crippen LogP contribution in [0.25, 0.3) is 0 Å². The van der Waals surface area contributed by atoms with E-state index < -0.39 is 0 Å². The van der Waals surface area contributed by atoms with Crippen LogP contribution in [0.15, 0.2) is 5.10 Å². The average molecular weight is 183 g/mol. The minimum Gasteiger partial charge on any atom is -0.335 e. The molecule has 0 fully saturated rings. The lowest BCUT2D eigenvalue weighted by Crippen LogP contribution is -2.49. The van der Waals surface area contributed by atoms with Gasteiger partial charge in [-0.15, -0.1) is 0 Å². The molecular formula is C10H21N3. The molecule has 0 aromatic carbocycles. The van der Waals surface area contributed by atoms with Crippen molar-refractivity contribution in [1.29, 1.82) is 0 Å². The molecule has 0 aromatic heterocycles. The molecule has 13 heavy (non-hydrogen) atoms. The Morgan fingerprint density at radius 2 is 1.85 bits per heavy atom. The summed E-state index contributed by atoms with van der Waals surface area (Å²) >= 11 is 0. The molecule has 76 valence electrons. The van der Waals surface area contributed by atoms with Crippen molar-refractivity contribution in [3.8, 4) is 0 Å². The molecule has 0 N–H and O–H groups in total. The van der Waals surface area contributed by atoms with Gasteiger partial charge in [0.05, 0.1) is 0 Å². The van der Waals surface area contributed by atoms with Crippen molar-refractivity contribution in [3.63, 3.8) is 0 Å². The molecule has 1 atom stereocenters. The molecule has 0 saturated heterocycles. The summed E-state index contributed by atoms with van der Waals surface area (Å²) < 4.78 is 0. The molecule has 0 bridgehead atoms. The molecule has 3 nitrogen and oxygen atoms in total. The Labute approximate surface area is 81.4 Å². The Morgan fingerprint density at radius 3 is 2.08 bits per heavy atom. The summed E-state index contributed by atoms with van der Waals surface area (Å²) in [6, 6.07) is 0.471. The van der Waals surface area contributed by atoms with Crippen LogP contribution in [0.1, 0.15) is 41.5 Å². The maximum Gasteiger partial charge on any atom is 0.117 e. The van der Waals surface area contributed by atoms with Crippen molar-refractivity contribution in [2.24, 2.45) is 5.10 Å². The maximum atomic E-state index is 4.40. The number of nitrogens with zero attached hydrogens (tertiary/aromatic N) is 3. The zero-order valence-corrected chi connectivity index (χ0v) is 9.57. The lowest BCUT2D eigenvalue weighted by Gasteiger charge is -2.38. The van der Waals surface area contributed by atoms with Gasteiger partial charge in [0.2, 0.25) is 0 Å². The van der Waals surface area contributed by atoms with Gasteiger partial charge in [-0.25, -0.2) is 0 Å². The topological polar surface area (TPSA) is 18.8 Å². The van der Waals surface area contributed by atoms with Crippen molar-refractivity contribution >= 4 is 6.34 Å².